The van der Waals surface area contributed by atoms with Crippen molar-refractivity contribution < 1.29 is 32.0 Å². The number of ether oxygens (including phenoxy) is 2. The van der Waals surface area contributed by atoms with E-state index >= 15 is 0 Å². The van der Waals surface area contributed by atoms with Gasteiger partial charge in [-0.05, 0) is 72.1 Å². The lowest BCUT2D eigenvalue weighted by Crippen LogP contribution is -2.50. The Morgan fingerprint density at radius 2 is 1.69 bits per heavy atom. The minimum Gasteiger partial charge on any atom is -0.444 e. The summed E-state index contributed by atoms with van der Waals surface area (Å²) in [6, 6.07) is 0.151. The van der Waals surface area contributed by atoms with Gasteiger partial charge in [-0.15, -0.1) is 0 Å². The van der Waals surface area contributed by atoms with Crippen LogP contribution in [0.25, 0.3) is 0 Å². The van der Waals surface area contributed by atoms with E-state index in [-0.39, 0.29) is 43.2 Å². The Labute approximate surface area is 204 Å². The van der Waals surface area contributed by atoms with Gasteiger partial charge in [0.05, 0.1) is 24.3 Å². The second kappa shape index (κ2) is 9.27. The van der Waals surface area contributed by atoms with Crippen molar-refractivity contribution in [2.24, 2.45) is 5.92 Å². The molecule has 2 saturated heterocycles. The van der Waals surface area contributed by atoms with Crippen LogP contribution < -0.4 is 0 Å². The molecule has 0 radical (unpaired) electrons. The molecule has 9 heteroatoms. The predicted molar refractivity (Wildman–Crippen MR) is 122 cm³/mol. The molecule has 3 heterocycles. The van der Waals surface area contributed by atoms with E-state index in [1.54, 1.807) is 0 Å². The molecule has 6 nitrogen and oxygen atoms in total. The van der Waals surface area contributed by atoms with E-state index in [1.807, 2.05) is 25.7 Å². The number of halogens is 3. The number of hydrogen-bond donors (Lipinski definition) is 0. The Bertz CT molecular complexity index is 907. The Kier molecular flexibility index (Phi) is 6.60. The molecule has 2 bridgehead atoms. The van der Waals surface area contributed by atoms with Gasteiger partial charge in [-0.1, -0.05) is 18.0 Å². The van der Waals surface area contributed by atoms with Crippen LogP contribution in [0.3, 0.4) is 0 Å². The van der Waals surface area contributed by atoms with Gasteiger partial charge in [0.1, 0.15) is 11.4 Å². The zero-order valence-corrected chi connectivity index (χ0v) is 20.9. The summed E-state index contributed by atoms with van der Waals surface area (Å²) in [5.74, 6) is -1.07. The quantitative estimate of drug-likeness (QED) is 0.445. The van der Waals surface area contributed by atoms with E-state index in [0.717, 1.165) is 43.4 Å². The van der Waals surface area contributed by atoms with E-state index in [2.05, 4.69) is 5.16 Å². The molecule has 2 saturated carbocycles. The molecule has 196 valence electrons. The predicted octanol–water partition coefficient (Wildman–Crippen LogP) is 6.84. The topological polar surface area (TPSA) is 64.8 Å². The zero-order chi connectivity index (χ0) is 25.0. The fraction of sp³-hybridized carbons (Fsp3) is 0.846. The van der Waals surface area contributed by atoms with Crippen LogP contribution in [0.4, 0.5) is 18.0 Å². The molecule has 4 atom stereocenters. The molecule has 2 aliphatic heterocycles. The molecule has 2 aliphatic carbocycles. The van der Waals surface area contributed by atoms with Crippen molar-refractivity contribution in [3.05, 3.63) is 17.0 Å². The summed E-state index contributed by atoms with van der Waals surface area (Å²) in [5, 5.41) is 4.22. The molecule has 1 amide bonds. The van der Waals surface area contributed by atoms with Crippen LogP contribution >= 0.6 is 0 Å². The number of aromatic nitrogens is 1. The van der Waals surface area contributed by atoms with Gasteiger partial charge in [0, 0.05) is 29.5 Å². The molecule has 5 rings (SSSR count). The smallest absolute Gasteiger partial charge is 0.410 e. The number of nitrogens with zero attached hydrogens (tertiary/aromatic N) is 2. The maximum atomic E-state index is 13.8. The van der Waals surface area contributed by atoms with Crippen molar-refractivity contribution in [1.82, 2.24) is 10.1 Å². The van der Waals surface area contributed by atoms with Crippen LogP contribution in [0.1, 0.15) is 114 Å². The molecule has 0 aromatic carbocycles. The lowest BCUT2D eigenvalue weighted by molar-refractivity contribution is -0.187. The maximum Gasteiger partial charge on any atom is 0.410 e. The summed E-state index contributed by atoms with van der Waals surface area (Å²) in [5.41, 5.74) is 0.667. The highest BCUT2D eigenvalue weighted by atomic mass is 19.4. The number of carbonyl (C=O) groups excluding carboxylic acids is 1. The Hall–Kier alpha value is -1.77. The van der Waals surface area contributed by atoms with Crippen molar-refractivity contribution >= 4 is 6.09 Å². The van der Waals surface area contributed by atoms with Gasteiger partial charge in [-0.25, -0.2) is 4.79 Å². The highest BCUT2D eigenvalue weighted by molar-refractivity contribution is 5.69. The van der Waals surface area contributed by atoms with E-state index in [9.17, 15) is 18.0 Å². The Morgan fingerprint density at radius 1 is 1.03 bits per heavy atom. The summed E-state index contributed by atoms with van der Waals surface area (Å²) in [4.78, 5) is 14.6. The lowest BCUT2D eigenvalue weighted by atomic mass is 9.76. The van der Waals surface area contributed by atoms with Crippen molar-refractivity contribution in [1.29, 1.82) is 0 Å². The third-order valence-electron chi connectivity index (χ3n) is 8.09. The first kappa shape index (κ1) is 24.9. The second-order valence-corrected chi connectivity index (χ2v) is 11.9. The van der Waals surface area contributed by atoms with Gasteiger partial charge in [-0.3, -0.25) is 0 Å². The number of rotatable bonds is 5. The van der Waals surface area contributed by atoms with Gasteiger partial charge in [0.15, 0.2) is 0 Å². The number of piperidine rings is 1. The van der Waals surface area contributed by atoms with E-state index < -0.39 is 23.6 Å². The SMILES string of the molecule is CC(C)(C)OC(=O)N1C2CCC1CC(OCc1c(C3CCCCC3C(F)(F)F)noc1C1CC1)C2. The van der Waals surface area contributed by atoms with Gasteiger partial charge in [0.25, 0.3) is 0 Å². The maximum absolute atomic E-state index is 13.8. The van der Waals surface area contributed by atoms with Crippen LogP contribution in [0.2, 0.25) is 0 Å². The van der Waals surface area contributed by atoms with Gasteiger partial charge in [-0.2, -0.15) is 13.2 Å². The molecule has 0 spiro atoms. The van der Waals surface area contributed by atoms with E-state index in [1.165, 1.54) is 0 Å². The highest BCUT2D eigenvalue weighted by Gasteiger charge is 2.49. The number of fused-ring (bicyclic) bond motifs is 2. The molecule has 1 aromatic rings. The standard InChI is InChI=1S/C26H37F3N2O4/c1-25(2,3)34-24(32)31-16-10-11-17(31)13-18(12-16)33-14-20-22(30-35-23(20)15-8-9-15)19-6-4-5-7-21(19)26(27,28)29/h15-19,21H,4-14H2,1-3H3. The Morgan fingerprint density at radius 3 is 2.29 bits per heavy atom. The van der Waals surface area contributed by atoms with Crippen molar-refractivity contribution in [3.63, 3.8) is 0 Å². The number of carbonyl (C=O) groups is 1. The molecule has 0 N–H and O–H groups in total. The van der Waals surface area contributed by atoms with Gasteiger partial charge >= 0.3 is 12.3 Å². The third-order valence-corrected chi connectivity index (χ3v) is 8.09. The fourth-order valence-electron chi connectivity index (χ4n) is 6.36. The average molecular weight is 499 g/mol. The largest absolute Gasteiger partial charge is 0.444 e. The fourth-order valence-corrected chi connectivity index (χ4v) is 6.36. The summed E-state index contributed by atoms with van der Waals surface area (Å²) in [6.45, 7) is 5.83. The molecule has 4 fully saturated rings. The normalized spacial score (nSPS) is 31.6. The highest BCUT2D eigenvalue weighted by Crippen LogP contribution is 2.50. The second-order valence-electron chi connectivity index (χ2n) is 11.9. The minimum absolute atomic E-state index is 0.0502. The molecule has 1 aromatic heterocycles. The zero-order valence-electron chi connectivity index (χ0n) is 20.9. The summed E-state index contributed by atoms with van der Waals surface area (Å²) in [7, 11) is 0. The van der Waals surface area contributed by atoms with Gasteiger partial charge < -0.3 is 18.9 Å². The monoisotopic (exact) mass is 498 g/mol. The van der Waals surface area contributed by atoms with Crippen molar-refractivity contribution in [3.8, 4) is 0 Å². The van der Waals surface area contributed by atoms with E-state index in [0.29, 0.717) is 31.4 Å². The summed E-state index contributed by atoms with van der Waals surface area (Å²) >= 11 is 0. The first-order valence-corrected chi connectivity index (χ1v) is 13.2. The van der Waals surface area contributed by atoms with Crippen LogP contribution in [-0.2, 0) is 16.1 Å². The van der Waals surface area contributed by atoms with Crippen molar-refractivity contribution in [2.45, 2.75) is 133 Å². The number of hydrogen-bond acceptors (Lipinski definition) is 5. The average Bonchev–Trinajstić information content (AvgIpc) is 3.46. The minimum atomic E-state index is -4.24. The lowest BCUT2D eigenvalue weighted by Gasteiger charge is -2.39. The Balaban J connectivity index is 1.29. The van der Waals surface area contributed by atoms with E-state index in [4.69, 9.17) is 14.0 Å². The first-order chi connectivity index (χ1) is 16.5. The molecule has 4 unspecified atom stereocenters. The number of amides is 1. The van der Waals surface area contributed by atoms with Crippen LogP contribution in [0, 0.1) is 5.92 Å². The van der Waals surface area contributed by atoms with Crippen LogP contribution in [0.15, 0.2) is 4.52 Å². The third kappa shape index (κ3) is 5.35. The summed E-state index contributed by atoms with van der Waals surface area (Å²) < 4.78 is 59.1. The molecule has 4 aliphatic rings. The van der Waals surface area contributed by atoms with Crippen LogP contribution in [-0.4, -0.2) is 46.1 Å². The van der Waals surface area contributed by atoms with Crippen molar-refractivity contribution in [2.75, 3.05) is 0 Å². The number of alkyl halides is 3. The van der Waals surface area contributed by atoms with Gasteiger partial charge in [0.2, 0.25) is 0 Å². The molecular weight excluding hydrogens is 461 g/mol. The molecule has 35 heavy (non-hydrogen) atoms. The van der Waals surface area contributed by atoms with Crippen LogP contribution in [0.5, 0.6) is 0 Å². The summed E-state index contributed by atoms with van der Waals surface area (Å²) in [6.07, 6.45) is 2.66. The first-order valence-electron chi connectivity index (χ1n) is 13.2. The molecular formula is C26H37F3N2O4.